The van der Waals surface area contributed by atoms with E-state index in [0.29, 0.717) is 0 Å². The molecule has 0 saturated carbocycles. The maximum absolute atomic E-state index is 10.4. The Balaban J connectivity index is 2.50. The lowest BCUT2D eigenvalue weighted by molar-refractivity contribution is -0.118. The second-order valence-electron chi connectivity index (χ2n) is 1.74. The first-order valence-electron chi connectivity index (χ1n) is 2.64. The van der Waals surface area contributed by atoms with Gasteiger partial charge in [0.15, 0.2) is 0 Å². The largest absolute Gasteiger partial charge is 0.368 e. The molecule has 1 atom stereocenters. The highest BCUT2D eigenvalue weighted by atomic mass is 32.2. The maximum atomic E-state index is 10.4. The quantitative estimate of drug-likeness (QED) is 0.390. The molecule has 1 amide bonds. The Morgan fingerprint density at radius 3 is 3.00 bits per heavy atom. The molecule has 9 heavy (non-hydrogen) atoms. The minimum absolute atomic E-state index is 0.274. The molecular formula is C5H8N2OS. The first-order chi connectivity index (χ1) is 4.30. The van der Waals surface area contributed by atoms with Gasteiger partial charge in [0.1, 0.15) is 6.04 Å². The topological polar surface area (TPSA) is 55.1 Å². The van der Waals surface area contributed by atoms with Gasteiger partial charge in [0.2, 0.25) is 5.91 Å². The van der Waals surface area contributed by atoms with Gasteiger partial charge in [-0.3, -0.25) is 4.79 Å². The van der Waals surface area contributed by atoms with Crippen LogP contribution in [0.1, 0.15) is 0 Å². The van der Waals surface area contributed by atoms with E-state index in [1.54, 1.807) is 6.08 Å². The van der Waals surface area contributed by atoms with Crippen LogP contribution in [0.3, 0.4) is 0 Å². The predicted molar refractivity (Wildman–Crippen MR) is 37.7 cm³/mol. The molecule has 1 aliphatic heterocycles. The smallest absolute Gasteiger partial charge is 0.239 e. The van der Waals surface area contributed by atoms with Crippen LogP contribution in [0.5, 0.6) is 0 Å². The molecule has 1 unspecified atom stereocenters. The third-order valence-corrected chi connectivity index (χ3v) is 1.80. The Labute approximate surface area is 57.8 Å². The molecule has 0 aromatic heterocycles. The van der Waals surface area contributed by atoms with Crippen LogP contribution in [0, 0.1) is 0 Å². The van der Waals surface area contributed by atoms with E-state index in [0.717, 1.165) is 5.75 Å². The molecule has 50 valence electrons. The predicted octanol–water partition coefficient (Wildman–Crippen LogP) is -0.352. The molecule has 1 rings (SSSR count). The van der Waals surface area contributed by atoms with E-state index < -0.39 is 0 Å². The Morgan fingerprint density at radius 2 is 2.67 bits per heavy atom. The van der Waals surface area contributed by atoms with Crippen molar-refractivity contribution in [3.05, 3.63) is 12.2 Å². The summed E-state index contributed by atoms with van der Waals surface area (Å²) in [5.41, 5.74) is 5.00. The lowest BCUT2D eigenvalue weighted by Crippen LogP contribution is -2.37. The standard InChI is InChI=1S/C5H8N2OS/c6-5(8)4-2-1-3-9-7-4/h1-2,4,7H,3H2,(H2,6,8). The number of amides is 1. The van der Waals surface area contributed by atoms with Crippen LogP contribution in [0.15, 0.2) is 12.2 Å². The molecule has 0 radical (unpaired) electrons. The fourth-order valence-corrected chi connectivity index (χ4v) is 1.25. The van der Waals surface area contributed by atoms with Crippen molar-refractivity contribution in [2.45, 2.75) is 6.04 Å². The highest BCUT2D eigenvalue weighted by Gasteiger charge is 2.12. The summed E-state index contributed by atoms with van der Waals surface area (Å²) in [5, 5.41) is 0. The van der Waals surface area contributed by atoms with Gasteiger partial charge >= 0.3 is 0 Å². The normalized spacial score (nSPS) is 26.0. The first kappa shape index (κ1) is 6.64. The van der Waals surface area contributed by atoms with E-state index in [1.165, 1.54) is 11.9 Å². The second-order valence-corrected chi connectivity index (χ2v) is 2.59. The lowest BCUT2D eigenvalue weighted by atomic mass is 10.3. The highest BCUT2D eigenvalue weighted by molar-refractivity contribution is 7.97. The summed E-state index contributed by atoms with van der Waals surface area (Å²) in [6.45, 7) is 0. The van der Waals surface area contributed by atoms with Crippen molar-refractivity contribution in [1.29, 1.82) is 0 Å². The number of nitrogens with one attached hydrogen (secondary N) is 1. The van der Waals surface area contributed by atoms with Crippen molar-refractivity contribution in [2.75, 3.05) is 5.75 Å². The number of hydrogen-bond acceptors (Lipinski definition) is 3. The van der Waals surface area contributed by atoms with Crippen LogP contribution in [0.4, 0.5) is 0 Å². The van der Waals surface area contributed by atoms with Gasteiger partial charge in [0.25, 0.3) is 0 Å². The SMILES string of the molecule is NC(=O)C1C=CCSN1. The fraction of sp³-hybridized carbons (Fsp3) is 0.400. The molecule has 1 heterocycles. The molecule has 4 heteroatoms. The van der Waals surface area contributed by atoms with Crippen LogP contribution in [-0.4, -0.2) is 17.7 Å². The van der Waals surface area contributed by atoms with Crippen LogP contribution in [0.2, 0.25) is 0 Å². The van der Waals surface area contributed by atoms with E-state index in [-0.39, 0.29) is 11.9 Å². The second kappa shape index (κ2) is 2.89. The molecule has 1 aliphatic rings. The molecule has 0 fully saturated rings. The maximum Gasteiger partial charge on any atom is 0.239 e. The molecule has 3 nitrogen and oxygen atoms in total. The zero-order valence-corrected chi connectivity index (χ0v) is 5.65. The molecule has 0 aliphatic carbocycles. The average Bonchev–Trinajstić information content (AvgIpc) is 1.90. The van der Waals surface area contributed by atoms with Crippen LogP contribution in [-0.2, 0) is 4.79 Å². The average molecular weight is 144 g/mol. The summed E-state index contributed by atoms with van der Waals surface area (Å²) >= 11 is 1.49. The van der Waals surface area contributed by atoms with E-state index in [9.17, 15) is 4.79 Å². The summed E-state index contributed by atoms with van der Waals surface area (Å²) in [6.07, 6.45) is 3.70. The van der Waals surface area contributed by atoms with Crippen molar-refractivity contribution < 1.29 is 4.79 Å². The van der Waals surface area contributed by atoms with Crippen molar-refractivity contribution in [3.63, 3.8) is 0 Å². The summed E-state index contributed by atoms with van der Waals surface area (Å²) < 4.78 is 2.87. The minimum atomic E-state index is -0.321. The van der Waals surface area contributed by atoms with Crippen molar-refractivity contribution >= 4 is 17.9 Å². The monoisotopic (exact) mass is 144 g/mol. The number of hydrogen-bond donors (Lipinski definition) is 2. The van der Waals surface area contributed by atoms with Crippen LogP contribution >= 0.6 is 11.9 Å². The van der Waals surface area contributed by atoms with Crippen molar-refractivity contribution in [3.8, 4) is 0 Å². The summed E-state index contributed by atoms with van der Waals surface area (Å²) in [6, 6.07) is -0.274. The molecule has 0 aromatic carbocycles. The number of nitrogens with two attached hydrogens (primary N) is 1. The van der Waals surface area contributed by atoms with Gasteiger partial charge in [-0.25, -0.2) is 4.72 Å². The third-order valence-electron chi connectivity index (χ3n) is 1.02. The van der Waals surface area contributed by atoms with Crippen molar-refractivity contribution in [2.24, 2.45) is 5.73 Å². The Morgan fingerprint density at radius 1 is 1.89 bits per heavy atom. The van der Waals surface area contributed by atoms with Gasteiger partial charge < -0.3 is 5.73 Å². The van der Waals surface area contributed by atoms with E-state index in [1.807, 2.05) is 6.08 Å². The minimum Gasteiger partial charge on any atom is -0.368 e. The van der Waals surface area contributed by atoms with E-state index in [4.69, 9.17) is 5.73 Å². The number of primary amides is 1. The molecule has 0 spiro atoms. The van der Waals surface area contributed by atoms with Gasteiger partial charge in [-0.2, -0.15) is 0 Å². The summed E-state index contributed by atoms with van der Waals surface area (Å²) in [5.74, 6) is 0.586. The van der Waals surface area contributed by atoms with Gasteiger partial charge in [0.05, 0.1) is 0 Å². The van der Waals surface area contributed by atoms with Crippen molar-refractivity contribution in [1.82, 2.24) is 4.72 Å². The fourth-order valence-electron chi connectivity index (χ4n) is 0.570. The van der Waals surface area contributed by atoms with Gasteiger partial charge in [-0.15, -0.1) is 0 Å². The Hall–Kier alpha value is -0.480. The highest BCUT2D eigenvalue weighted by Crippen LogP contribution is 2.04. The number of carbonyl (C=O) groups excluding carboxylic acids is 1. The first-order valence-corrected chi connectivity index (χ1v) is 3.62. The molecule has 3 N–H and O–H groups in total. The summed E-state index contributed by atoms with van der Waals surface area (Å²) in [4.78, 5) is 10.4. The molecule has 0 aromatic rings. The third kappa shape index (κ3) is 1.73. The Kier molecular flexibility index (Phi) is 2.13. The van der Waals surface area contributed by atoms with Gasteiger partial charge in [-0.1, -0.05) is 24.1 Å². The van der Waals surface area contributed by atoms with E-state index in [2.05, 4.69) is 4.72 Å². The molecular weight excluding hydrogens is 136 g/mol. The van der Waals surface area contributed by atoms with Crippen LogP contribution < -0.4 is 10.5 Å². The van der Waals surface area contributed by atoms with Gasteiger partial charge in [0, 0.05) is 5.75 Å². The zero-order chi connectivity index (χ0) is 6.69. The zero-order valence-electron chi connectivity index (χ0n) is 4.83. The number of rotatable bonds is 1. The molecule has 0 bridgehead atoms. The van der Waals surface area contributed by atoms with E-state index >= 15 is 0 Å². The molecule has 0 saturated heterocycles. The van der Waals surface area contributed by atoms with Gasteiger partial charge in [-0.05, 0) is 0 Å². The number of carbonyl (C=O) groups is 1. The lowest BCUT2D eigenvalue weighted by Gasteiger charge is -2.12. The Bertz CT molecular complexity index is 146. The van der Waals surface area contributed by atoms with Crippen LogP contribution in [0.25, 0.3) is 0 Å². The summed E-state index contributed by atoms with van der Waals surface area (Å²) in [7, 11) is 0.